The number of hydrogen-bond donors (Lipinski definition) is 1. The second kappa shape index (κ2) is 8.07. The fourth-order valence-corrected chi connectivity index (χ4v) is 3.60. The van der Waals surface area contributed by atoms with Gasteiger partial charge < -0.3 is 9.47 Å². The van der Waals surface area contributed by atoms with E-state index in [1.807, 2.05) is 6.92 Å². The second-order valence-corrected chi connectivity index (χ2v) is 7.56. The van der Waals surface area contributed by atoms with Crippen LogP contribution in [0.5, 0.6) is 11.5 Å². The van der Waals surface area contributed by atoms with Gasteiger partial charge in [-0.2, -0.15) is 0 Å². The zero-order valence-corrected chi connectivity index (χ0v) is 15.5. The summed E-state index contributed by atoms with van der Waals surface area (Å²) in [7, 11) is -2.21. The van der Waals surface area contributed by atoms with Crippen LogP contribution in [0.2, 0.25) is 10.0 Å². The van der Waals surface area contributed by atoms with E-state index in [0.717, 1.165) is 5.56 Å². The summed E-state index contributed by atoms with van der Waals surface area (Å²) in [6, 6.07) is 9.51. The molecule has 0 fully saturated rings. The predicted octanol–water partition coefficient (Wildman–Crippen LogP) is 3.67. The number of aryl methyl sites for hydroxylation is 1. The Kier molecular flexibility index (Phi) is 6.34. The Morgan fingerprint density at radius 1 is 1.08 bits per heavy atom. The third-order valence-electron chi connectivity index (χ3n) is 3.22. The molecule has 0 spiro atoms. The Morgan fingerprint density at radius 3 is 2.42 bits per heavy atom. The number of methoxy groups -OCH3 is 1. The molecule has 0 aliphatic rings. The van der Waals surface area contributed by atoms with Gasteiger partial charge in [-0.3, -0.25) is 0 Å². The molecule has 0 radical (unpaired) electrons. The number of sulfonamides is 1. The molecule has 0 unspecified atom stereocenters. The molecule has 2 aromatic rings. The number of hydrogen-bond acceptors (Lipinski definition) is 4. The lowest BCUT2D eigenvalue weighted by molar-refractivity contribution is 0.320. The van der Waals surface area contributed by atoms with Gasteiger partial charge in [0.25, 0.3) is 0 Å². The maximum Gasteiger partial charge on any atom is 0.240 e. The SMILES string of the molecule is COc1ccc(S(=O)(=O)NCCOc2ccc(Cl)cc2C)cc1Cl. The first kappa shape index (κ1) is 18.9. The Morgan fingerprint density at radius 2 is 1.79 bits per heavy atom. The average molecular weight is 390 g/mol. The zero-order valence-electron chi connectivity index (χ0n) is 13.2. The highest BCUT2D eigenvalue weighted by molar-refractivity contribution is 7.89. The van der Waals surface area contributed by atoms with Crippen molar-refractivity contribution in [3.05, 3.63) is 52.0 Å². The highest BCUT2D eigenvalue weighted by Gasteiger charge is 2.15. The van der Waals surface area contributed by atoms with E-state index in [4.69, 9.17) is 32.7 Å². The lowest BCUT2D eigenvalue weighted by atomic mass is 10.2. The average Bonchev–Trinajstić information content (AvgIpc) is 2.53. The first-order valence-electron chi connectivity index (χ1n) is 7.05. The Hall–Kier alpha value is -1.47. The zero-order chi connectivity index (χ0) is 17.7. The molecular formula is C16H17Cl2NO4S. The van der Waals surface area contributed by atoms with E-state index in [1.54, 1.807) is 18.2 Å². The summed E-state index contributed by atoms with van der Waals surface area (Å²) in [5, 5.41) is 0.852. The van der Waals surface area contributed by atoms with E-state index in [1.165, 1.54) is 25.3 Å². The minimum Gasteiger partial charge on any atom is -0.495 e. The van der Waals surface area contributed by atoms with Gasteiger partial charge in [-0.1, -0.05) is 23.2 Å². The van der Waals surface area contributed by atoms with Crippen molar-refractivity contribution in [2.45, 2.75) is 11.8 Å². The molecule has 0 atom stereocenters. The van der Waals surface area contributed by atoms with Gasteiger partial charge in [0.05, 0.1) is 17.0 Å². The Bertz CT molecular complexity index is 825. The van der Waals surface area contributed by atoms with Gasteiger partial charge in [-0.05, 0) is 48.9 Å². The number of rotatable bonds is 7. The van der Waals surface area contributed by atoms with E-state index in [-0.39, 0.29) is 23.1 Å². The van der Waals surface area contributed by atoms with Crippen molar-refractivity contribution in [3.63, 3.8) is 0 Å². The van der Waals surface area contributed by atoms with Crippen LogP contribution < -0.4 is 14.2 Å². The minimum atomic E-state index is -3.67. The summed E-state index contributed by atoms with van der Waals surface area (Å²) in [6.07, 6.45) is 0. The summed E-state index contributed by atoms with van der Waals surface area (Å²) in [6.45, 7) is 2.17. The first-order valence-corrected chi connectivity index (χ1v) is 9.29. The lowest BCUT2D eigenvalue weighted by Gasteiger charge is -2.11. The largest absolute Gasteiger partial charge is 0.495 e. The molecule has 0 heterocycles. The molecule has 0 saturated carbocycles. The fourth-order valence-electron chi connectivity index (χ4n) is 2.01. The van der Waals surface area contributed by atoms with Crippen molar-refractivity contribution in [2.24, 2.45) is 0 Å². The van der Waals surface area contributed by atoms with Crippen molar-refractivity contribution in [1.82, 2.24) is 4.72 Å². The standard InChI is InChI=1S/C16H17Cl2NO4S/c1-11-9-12(17)3-5-15(11)23-8-7-19-24(20,21)13-4-6-16(22-2)14(18)10-13/h3-6,9-10,19H,7-8H2,1-2H3. The van der Waals surface area contributed by atoms with Crippen molar-refractivity contribution < 1.29 is 17.9 Å². The molecule has 2 aromatic carbocycles. The van der Waals surface area contributed by atoms with Crippen LogP contribution in [-0.4, -0.2) is 28.7 Å². The van der Waals surface area contributed by atoms with E-state index < -0.39 is 10.0 Å². The van der Waals surface area contributed by atoms with E-state index >= 15 is 0 Å². The molecule has 0 saturated heterocycles. The van der Waals surface area contributed by atoms with Gasteiger partial charge >= 0.3 is 0 Å². The maximum absolute atomic E-state index is 12.2. The van der Waals surface area contributed by atoms with Gasteiger partial charge in [0.15, 0.2) is 0 Å². The van der Waals surface area contributed by atoms with Gasteiger partial charge in [0.1, 0.15) is 18.1 Å². The molecule has 0 aliphatic heterocycles. The minimum absolute atomic E-state index is 0.0657. The third-order valence-corrected chi connectivity index (χ3v) is 5.21. The summed E-state index contributed by atoms with van der Waals surface area (Å²) >= 11 is 11.8. The molecule has 1 N–H and O–H groups in total. The monoisotopic (exact) mass is 389 g/mol. The summed E-state index contributed by atoms with van der Waals surface area (Å²) < 4.78 is 37.5. The molecule has 0 bridgehead atoms. The summed E-state index contributed by atoms with van der Waals surface area (Å²) in [5.41, 5.74) is 0.882. The molecule has 5 nitrogen and oxygen atoms in total. The fraction of sp³-hybridized carbons (Fsp3) is 0.250. The van der Waals surface area contributed by atoms with Crippen LogP contribution in [-0.2, 0) is 10.0 Å². The molecule has 2 rings (SSSR count). The number of nitrogens with one attached hydrogen (secondary N) is 1. The van der Waals surface area contributed by atoms with Gasteiger partial charge in [0.2, 0.25) is 10.0 Å². The quantitative estimate of drug-likeness (QED) is 0.733. The van der Waals surface area contributed by atoms with Gasteiger partial charge in [-0.15, -0.1) is 0 Å². The predicted molar refractivity (Wildman–Crippen MR) is 94.9 cm³/mol. The Balaban J connectivity index is 1.94. The second-order valence-electron chi connectivity index (χ2n) is 4.95. The van der Waals surface area contributed by atoms with Gasteiger partial charge in [0, 0.05) is 11.6 Å². The maximum atomic E-state index is 12.2. The Labute approximate surface area is 151 Å². The summed E-state index contributed by atoms with van der Waals surface area (Å²) in [5.74, 6) is 1.07. The van der Waals surface area contributed by atoms with Gasteiger partial charge in [-0.25, -0.2) is 13.1 Å². The smallest absolute Gasteiger partial charge is 0.240 e. The van der Waals surface area contributed by atoms with Crippen LogP contribution in [0.3, 0.4) is 0 Å². The van der Waals surface area contributed by atoms with Crippen molar-refractivity contribution in [3.8, 4) is 11.5 Å². The van der Waals surface area contributed by atoms with Crippen LogP contribution in [0, 0.1) is 6.92 Å². The highest BCUT2D eigenvalue weighted by Crippen LogP contribution is 2.26. The molecule has 24 heavy (non-hydrogen) atoms. The van der Waals surface area contributed by atoms with Crippen LogP contribution in [0.25, 0.3) is 0 Å². The highest BCUT2D eigenvalue weighted by atomic mass is 35.5. The molecular weight excluding hydrogens is 373 g/mol. The van der Waals surface area contributed by atoms with Crippen LogP contribution in [0.4, 0.5) is 0 Å². The van der Waals surface area contributed by atoms with E-state index in [9.17, 15) is 8.42 Å². The first-order chi connectivity index (χ1) is 11.3. The van der Waals surface area contributed by atoms with Crippen molar-refractivity contribution in [2.75, 3.05) is 20.3 Å². The number of benzene rings is 2. The normalized spacial score (nSPS) is 11.3. The summed E-state index contributed by atoms with van der Waals surface area (Å²) in [4.78, 5) is 0.0657. The molecule has 0 amide bonds. The molecule has 0 aromatic heterocycles. The van der Waals surface area contributed by atoms with Crippen LogP contribution in [0.15, 0.2) is 41.3 Å². The third kappa shape index (κ3) is 4.77. The number of halogens is 2. The number of ether oxygens (including phenoxy) is 2. The lowest BCUT2D eigenvalue weighted by Crippen LogP contribution is -2.28. The van der Waals surface area contributed by atoms with Crippen LogP contribution in [0.1, 0.15) is 5.56 Å². The van der Waals surface area contributed by atoms with E-state index in [0.29, 0.717) is 16.5 Å². The molecule has 130 valence electrons. The molecule has 8 heteroatoms. The topological polar surface area (TPSA) is 64.6 Å². The van der Waals surface area contributed by atoms with Crippen molar-refractivity contribution in [1.29, 1.82) is 0 Å². The molecule has 0 aliphatic carbocycles. The van der Waals surface area contributed by atoms with Crippen molar-refractivity contribution >= 4 is 33.2 Å². The van der Waals surface area contributed by atoms with E-state index in [2.05, 4.69) is 4.72 Å². The van der Waals surface area contributed by atoms with Crippen LogP contribution >= 0.6 is 23.2 Å².